The van der Waals surface area contributed by atoms with Crippen molar-refractivity contribution in [1.29, 1.82) is 0 Å². The second kappa shape index (κ2) is 3.02. The maximum atomic E-state index is 9.66. The summed E-state index contributed by atoms with van der Waals surface area (Å²) < 4.78 is 0. The Balaban J connectivity index is 2.33. The Hall–Kier alpha value is -1.44. The minimum absolute atomic E-state index is 0.390. The number of phenols is 1. The molecule has 1 aromatic heterocycles. The molecule has 78 valence electrons. The third-order valence-corrected chi connectivity index (χ3v) is 3.41. The molecule has 0 spiro atoms. The third-order valence-electron chi connectivity index (χ3n) is 3.41. The molecule has 0 saturated heterocycles. The summed E-state index contributed by atoms with van der Waals surface area (Å²) in [6, 6.07) is 3.95. The number of aromatic amines is 1. The van der Waals surface area contributed by atoms with Gasteiger partial charge in [-0.1, -0.05) is 0 Å². The van der Waals surface area contributed by atoms with Gasteiger partial charge in [-0.25, -0.2) is 0 Å². The number of aromatic nitrogens is 1. The van der Waals surface area contributed by atoms with E-state index in [9.17, 15) is 5.11 Å². The van der Waals surface area contributed by atoms with Crippen LogP contribution in [0.25, 0.3) is 10.9 Å². The van der Waals surface area contributed by atoms with Crippen LogP contribution in [0.1, 0.15) is 29.7 Å². The molecule has 0 fully saturated rings. The lowest BCUT2D eigenvalue weighted by atomic mass is 9.95. The van der Waals surface area contributed by atoms with Crippen LogP contribution in [-0.2, 0) is 12.8 Å². The number of fused-ring (bicyclic) bond motifs is 3. The molecule has 2 nitrogen and oxygen atoms in total. The normalized spacial score (nSPS) is 15.5. The van der Waals surface area contributed by atoms with Crippen molar-refractivity contribution < 1.29 is 5.11 Å². The zero-order valence-electron chi connectivity index (χ0n) is 8.93. The first kappa shape index (κ1) is 8.84. The maximum Gasteiger partial charge on any atom is 0.120 e. The molecule has 1 aromatic carbocycles. The van der Waals surface area contributed by atoms with Gasteiger partial charge in [-0.15, -0.1) is 0 Å². The quantitative estimate of drug-likeness (QED) is 0.675. The number of hydrogen-bond donors (Lipinski definition) is 2. The summed E-state index contributed by atoms with van der Waals surface area (Å²) in [7, 11) is 0. The molecule has 2 heteroatoms. The zero-order chi connectivity index (χ0) is 10.4. The first-order valence-electron chi connectivity index (χ1n) is 5.59. The summed E-state index contributed by atoms with van der Waals surface area (Å²) in [4.78, 5) is 3.42. The van der Waals surface area contributed by atoms with Crippen molar-refractivity contribution in [3.63, 3.8) is 0 Å². The number of phenolic OH excluding ortho intramolecular Hbond substituents is 1. The van der Waals surface area contributed by atoms with Crippen LogP contribution in [0.4, 0.5) is 0 Å². The van der Waals surface area contributed by atoms with E-state index in [-0.39, 0.29) is 0 Å². The summed E-state index contributed by atoms with van der Waals surface area (Å²) in [5, 5.41) is 11.0. The van der Waals surface area contributed by atoms with Crippen molar-refractivity contribution in [1.82, 2.24) is 4.98 Å². The predicted molar refractivity (Wildman–Crippen MR) is 61.3 cm³/mol. The fourth-order valence-corrected chi connectivity index (χ4v) is 2.55. The van der Waals surface area contributed by atoms with Crippen molar-refractivity contribution in [3.8, 4) is 5.75 Å². The largest absolute Gasteiger partial charge is 0.508 e. The first-order chi connectivity index (χ1) is 7.25. The summed E-state index contributed by atoms with van der Waals surface area (Å²) >= 11 is 0. The lowest BCUT2D eigenvalue weighted by Gasteiger charge is -2.10. The van der Waals surface area contributed by atoms with Crippen molar-refractivity contribution in [3.05, 3.63) is 29.0 Å². The van der Waals surface area contributed by atoms with Crippen LogP contribution in [-0.4, -0.2) is 10.1 Å². The molecule has 1 aliphatic rings. The fourth-order valence-electron chi connectivity index (χ4n) is 2.55. The van der Waals surface area contributed by atoms with Gasteiger partial charge in [0.25, 0.3) is 0 Å². The number of H-pyrrole nitrogens is 1. The molecule has 3 rings (SSSR count). The van der Waals surface area contributed by atoms with E-state index >= 15 is 0 Å². The van der Waals surface area contributed by atoms with Crippen molar-refractivity contribution in [2.24, 2.45) is 0 Å². The highest BCUT2D eigenvalue weighted by atomic mass is 16.3. The summed E-state index contributed by atoms with van der Waals surface area (Å²) in [6.07, 6.45) is 4.91. The number of nitrogens with one attached hydrogen (secondary N) is 1. The van der Waals surface area contributed by atoms with Crippen LogP contribution in [0.5, 0.6) is 5.75 Å². The van der Waals surface area contributed by atoms with Crippen LogP contribution in [0.2, 0.25) is 0 Å². The van der Waals surface area contributed by atoms with Crippen LogP contribution in [0.3, 0.4) is 0 Å². The third kappa shape index (κ3) is 1.24. The van der Waals surface area contributed by atoms with Crippen molar-refractivity contribution >= 4 is 10.9 Å². The highest BCUT2D eigenvalue weighted by molar-refractivity contribution is 5.87. The van der Waals surface area contributed by atoms with Gasteiger partial charge in [-0.3, -0.25) is 0 Å². The molecule has 0 atom stereocenters. The van der Waals surface area contributed by atoms with Gasteiger partial charge in [0.1, 0.15) is 5.75 Å². The maximum absolute atomic E-state index is 9.66. The van der Waals surface area contributed by atoms with Gasteiger partial charge in [0.2, 0.25) is 0 Å². The first-order valence-corrected chi connectivity index (χ1v) is 5.59. The molecular formula is C13H15NO. The van der Waals surface area contributed by atoms with Gasteiger partial charge in [-0.05, 0) is 49.8 Å². The van der Waals surface area contributed by atoms with Gasteiger partial charge in [0.05, 0.1) is 0 Å². The van der Waals surface area contributed by atoms with E-state index in [2.05, 4.69) is 11.1 Å². The summed E-state index contributed by atoms with van der Waals surface area (Å²) in [6.45, 7) is 1.96. The number of hydrogen-bond acceptors (Lipinski definition) is 1. The van der Waals surface area contributed by atoms with Gasteiger partial charge in [-0.2, -0.15) is 0 Å². The van der Waals surface area contributed by atoms with E-state index in [0.717, 1.165) is 17.5 Å². The van der Waals surface area contributed by atoms with E-state index in [1.165, 1.54) is 35.9 Å². The molecule has 1 heterocycles. The predicted octanol–water partition coefficient (Wildman–Crippen LogP) is 3.06. The van der Waals surface area contributed by atoms with E-state index < -0.39 is 0 Å². The fraction of sp³-hybridized carbons (Fsp3) is 0.385. The Bertz CT molecular complexity index is 525. The SMILES string of the molecule is Cc1cc2c3c([nH]c2cc1O)CCCC3. The minimum Gasteiger partial charge on any atom is -0.508 e. The second-order valence-corrected chi connectivity index (χ2v) is 4.47. The van der Waals surface area contributed by atoms with Gasteiger partial charge in [0, 0.05) is 22.7 Å². The summed E-state index contributed by atoms with van der Waals surface area (Å²) in [5.41, 5.74) is 4.90. The van der Waals surface area contributed by atoms with E-state index in [0.29, 0.717) is 5.75 Å². The van der Waals surface area contributed by atoms with Crippen molar-refractivity contribution in [2.45, 2.75) is 32.6 Å². The number of aryl methyl sites for hydroxylation is 3. The van der Waals surface area contributed by atoms with Crippen molar-refractivity contribution in [2.75, 3.05) is 0 Å². The lowest BCUT2D eigenvalue weighted by molar-refractivity contribution is 0.472. The van der Waals surface area contributed by atoms with Crippen LogP contribution >= 0.6 is 0 Å². The Labute approximate surface area is 88.9 Å². The monoisotopic (exact) mass is 201 g/mol. The Morgan fingerprint density at radius 1 is 1.20 bits per heavy atom. The standard InChI is InChI=1S/C13H15NO/c1-8-6-10-9-4-2-3-5-11(9)14-12(10)7-13(8)15/h6-7,14-15H,2-5H2,1H3. The number of aromatic hydroxyl groups is 1. The number of rotatable bonds is 0. The van der Waals surface area contributed by atoms with Gasteiger partial charge < -0.3 is 10.1 Å². The van der Waals surface area contributed by atoms with Gasteiger partial charge >= 0.3 is 0 Å². The topological polar surface area (TPSA) is 36.0 Å². The lowest BCUT2D eigenvalue weighted by Crippen LogP contribution is -1.99. The molecule has 0 unspecified atom stereocenters. The zero-order valence-corrected chi connectivity index (χ0v) is 8.93. The molecule has 0 saturated carbocycles. The number of benzene rings is 1. The Morgan fingerprint density at radius 2 is 2.00 bits per heavy atom. The Kier molecular flexibility index (Phi) is 1.78. The van der Waals surface area contributed by atoms with E-state index in [1.54, 1.807) is 0 Å². The smallest absolute Gasteiger partial charge is 0.120 e. The molecule has 0 bridgehead atoms. The van der Waals surface area contributed by atoms with Crippen LogP contribution in [0, 0.1) is 6.92 Å². The molecule has 2 N–H and O–H groups in total. The van der Waals surface area contributed by atoms with E-state index in [4.69, 9.17) is 0 Å². The Morgan fingerprint density at radius 3 is 2.87 bits per heavy atom. The van der Waals surface area contributed by atoms with Crippen LogP contribution < -0.4 is 0 Å². The average Bonchev–Trinajstić information content (AvgIpc) is 2.57. The minimum atomic E-state index is 0.390. The molecule has 15 heavy (non-hydrogen) atoms. The highest BCUT2D eigenvalue weighted by Crippen LogP contribution is 2.32. The molecule has 0 radical (unpaired) electrons. The van der Waals surface area contributed by atoms with E-state index in [1.807, 2.05) is 13.0 Å². The molecular weight excluding hydrogens is 186 g/mol. The summed E-state index contributed by atoms with van der Waals surface area (Å²) in [5.74, 6) is 0.390. The highest BCUT2D eigenvalue weighted by Gasteiger charge is 2.15. The molecule has 0 aliphatic heterocycles. The average molecular weight is 201 g/mol. The van der Waals surface area contributed by atoms with Gasteiger partial charge in [0.15, 0.2) is 0 Å². The molecule has 1 aliphatic carbocycles. The van der Waals surface area contributed by atoms with Crippen LogP contribution in [0.15, 0.2) is 12.1 Å². The molecule has 2 aromatic rings. The second-order valence-electron chi connectivity index (χ2n) is 4.47. The molecule has 0 amide bonds.